The lowest BCUT2D eigenvalue weighted by Gasteiger charge is -2.35. The molecule has 3 fully saturated rings. The summed E-state index contributed by atoms with van der Waals surface area (Å²) in [4.78, 5) is 7.32. The molecule has 0 aromatic rings. The molecule has 5 nitrogen and oxygen atoms in total. The van der Waals surface area contributed by atoms with Crippen LogP contribution in [0.4, 0.5) is 0 Å². The predicted molar refractivity (Wildman–Crippen MR) is 90.1 cm³/mol. The van der Waals surface area contributed by atoms with Gasteiger partial charge >= 0.3 is 0 Å². The van der Waals surface area contributed by atoms with Crippen molar-refractivity contribution in [2.75, 3.05) is 26.2 Å². The van der Waals surface area contributed by atoms with Crippen LogP contribution in [-0.4, -0.2) is 55.3 Å². The first-order chi connectivity index (χ1) is 10.8. The zero-order valence-corrected chi connectivity index (χ0v) is 13.8. The zero-order valence-electron chi connectivity index (χ0n) is 13.8. The highest BCUT2D eigenvalue weighted by molar-refractivity contribution is 5.77. The molecule has 2 aliphatic heterocycles. The molecule has 3 aliphatic rings. The molecule has 0 amide bonds. The molecule has 0 aromatic carbocycles. The van der Waals surface area contributed by atoms with Crippen molar-refractivity contribution in [1.82, 2.24) is 10.2 Å². The van der Waals surface area contributed by atoms with Crippen LogP contribution in [-0.2, 0) is 4.74 Å². The van der Waals surface area contributed by atoms with Gasteiger partial charge in [0.2, 0.25) is 0 Å². The van der Waals surface area contributed by atoms with Crippen molar-refractivity contribution < 1.29 is 4.74 Å². The van der Waals surface area contributed by atoms with Crippen molar-refractivity contribution >= 4 is 5.96 Å². The lowest BCUT2D eigenvalue weighted by atomic mass is 9.94. The second kappa shape index (κ2) is 8.16. The van der Waals surface area contributed by atoms with Crippen molar-refractivity contribution in [2.45, 2.75) is 76.0 Å². The maximum Gasteiger partial charge on any atom is 0.188 e. The van der Waals surface area contributed by atoms with Crippen LogP contribution >= 0.6 is 0 Å². The highest BCUT2D eigenvalue weighted by atomic mass is 16.5. The first-order valence-electron chi connectivity index (χ1n) is 9.24. The van der Waals surface area contributed by atoms with Gasteiger partial charge in [0.05, 0.1) is 12.6 Å². The lowest BCUT2D eigenvalue weighted by molar-refractivity contribution is 0.114. The fraction of sp³-hybridized carbons (Fsp3) is 0.941. The number of likely N-dealkylation sites (tertiary alicyclic amines) is 1. The van der Waals surface area contributed by atoms with E-state index in [1.165, 1.54) is 57.9 Å². The predicted octanol–water partition coefficient (Wildman–Crippen LogP) is 1.87. The zero-order chi connectivity index (χ0) is 15.2. The van der Waals surface area contributed by atoms with E-state index in [0.29, 0.717) is 18.1 Å². The molecule has 0 aromatic heterocycles. The van der Waals surface area contributed by atoms with Crippen molar-refractivity contribution in [3.8, 4) is 0 Å². The van der Waals surface area contributed by atoms with Crippen LogP contribution < -0.4 is 11.1 Å². The molecule has 2 unspecified atom stereocenters. The van der Waals surface area contributed by atoms with Gasteiger partial charge in [-0.2, -0.15) is 0 Å². The first-order valence-corrected chi connectivity index (χ1v) is 9.24. The summed E-state index contributed by atoms with van der Waals surface area (Å²) in [5.74, 6) is 0.589. The van der Waals surface area contributed by atoms with E-state index in [1.54, 1.807) is 0 Å². The van der Waals surface area contributed by atoms with Crippen LogP contribution in [0.3, 0.4) is 0 Å². The number of nitrogens with zero attached hydrogens (tertiary/aromatic N) is 2. The summed E-state index contributed by atoms with van der Waals surface area (Å²) in [5.41, 5.74) is 6.02. The topological polar surface area (TPSA) is 62.9 Å². The third-order valence-electron chi connectivity index (χ3n) is 5.47. The Morgan fingerprint density at radius 1 is 1.09 bits per heavy atom. The van der Waals surface area contributed by atoms with E-state index in [4.69, 9.17) is 10.5 Å². The van der Waals surface area contributed by atoms with E-state index in [0.717, 1.165) is 32.2 Å². The van der Waals surface area contributed by atoms with Crippen molar-refractivity contribution in [1.29, 1.82) is 0 Å². The fourth-order valence-corrected chi connectivity index (χ4v) is 4.23. The van der Waals surface area contributed by atoms with Crippen LogP contribution in [0.15, 0.2) is 4.99 Å². The highest BCUT2D eigenvalue weighted by Crippen LogP contribution is 2.29. The minimum Gasteiger partial charge on any atom is -0.376 e. The molecular formula is C17H32N4O. The second-order valence-corrected chi connectivity index (χ2v) is 7.07. The summed E-state index contributed by atoms with van der Waals surface area (Å²) in [6.45, 7) is 3.79. The Balaban J connectivity index is 1.43. The van der Waals surface area contributed by atoms with E-state index in [1.807, 2.05) is 0 Å². The van der Waals surface area contributed by atoms with Crippen LogP contribution in [0.25, 0.3) is 0 Å². The minimum atomic E-state index is 0.318. The molecule has 1 saturated carbocycles. The third-order valence-corrected chi connectivity index (χ3v) is 5.47. The van der Waals surface area contributed by atoms with Gasteiger partial charge in [0.1, 0.15) is 0 Å². The molecular weight excluding hydrogens is 276 g/mol. The Kier molecular flexibility index (Phi) is 5.96. The van der Waals surface area contributed by atoms with Crippen LogP contribution in [0, 0.1) is 0 Å². The molecule has 3 rings (SSSR count). The van der Waals surface area contributed by atoms with Gasteiger partial charge in [-0.25, -0.2) is 0 Å². The molecule has 0 spiro atoms. The molecule has 22 heavy (non-hydrogen) atoms. The molecule has 1 aliphatic carbocycles. The molecule has 126 valence electrons. The van der Waals surface area contributed by atoms with Gasteiger partial charge in [0.25, 0.3) is 0 Å². The summed E-state index contributed by atoms with van der Waals surface area (Å²) in [5, 5.41) is 3.23. The normalized spacial score (nSPS) is 31.7. The third kappa shape index (κ3) is 4.35. The van der Waals surface area contributed by atoms with Crippen molar-refractivity contribution in [2.24, 2.45) is 10.7 Å². The van der Waals surface area contributed by atoms with E-state index < -0.39 is 0 Å². The standard InChI is InChI=1S/C17H32N4O/c18-17(20-13-16-9-5-11-22-16)19-12-15-8-4-10-21(15)14-6-2-1-3-7-14/h14-16H,1-13H2,(H3,18,19,20). The maximum atomic E-state index is 6.02. The molecule has 3 N–H and O–H groups in total. The number of nitrogens with one attached hydrogen (secondary N) is 1. The Morgan fingerprint density at radius 2 is 1.95 bits per heavy atom. The summed E-state index contributed by atoms with van der Waals surface area (Å²) in [6, 6.07) is 1.41. The van der Waals surface area contributed by atoms with E-state index in [9.17, 15) is 0 Å². The number of hydrogen-bond donors (Lipinski definition) is 2. The first kappa shape index (κ1) is 16.1. The molecule has 5 heteroatoms. The summed E-state index contributed by atoms with van der Waals surface area (Å²) in [6.07, 6.45) is 12.2. The molecule has 0 radical (unpaired) electrons. The Bertz CT molecular complexity index is 362. The SMILES string of the molecule is NC(=NCC1CCCN1C1CCCCC1)NCC1CCCO1. The Morgan fingerprint density at radius 3 is 2.73 bits per heavy atom. The average molecular weight is 308 g/mol. The molecule has 2 atom stereocenters. The monoisotopic (exact) mass is 308 g/mol. The maximum absolute atomic E-state index is 6.02. The van der Waals surface area contributed by atoms with Gasteiger partial charge in [-0.3, -0.25) is 9.89 Å². The van der Waals surface area contributed by atoms with E-state index in [2.05, 4.69) is 15.2 Å². The second-order valence-electron chi connectivity index (χ2n) is 7.07. The summed E-state index contributed by atoms with van der Waals surface area (Å²) >= 11 is 0. The number of hydrogen-bond acceptors (Lipinski definition) is 3. The number of rotatable bonds is 5. The minimum absolute atomic E-state index is 0.318. The van der Waals surface area contributed by atoms with Crippen molar-refractivity contribution in [3.63, 3.8) is 0 Å². The smallest absolute Gasteiger partial charge is 0.188 e. The largest absolute Gasteiger partial charge is 0.376 e. The molecule has 2 heterocycles. The molecule has 2 saturated heterocycles. The number of nitrogens with two attached hydrogens (primary N) is 1. The van der Waals surface area contributed by atoms with Crippen LogP contribution in [0.5, 0.6) is 0 Å². The van der Waals surface area contributed by atoms with Gasteiger partial charge in [-0.05, 0) is 45.1 Å². The quantitative estimate of drug-likeness (QED) is 0.601. The number of ether oxygens (including phenoxy) is 1. The van der Waals surface area contributed by atoms with Crippen LogP contribution in [0.1, 0.15) is 57.8 Å². The Labute approximate surface area is 134 Å². The summed E-state index contributed by atoms with van der Waals surface area (Å²) < 4.78 is 5.60. The molecule has 0 bridgehead atoms. The van der Waals surface area contributed by atoms with Gasteiger partial charge < -0.3 is 15.8 Å². The van der Waals surface area contributed by atoms with E-state index >= 15 is 0 Å². The summed E-state index contributed by atoms with van der Waals surface area (Å²) in [7, 11) is 0. The van der Waals surface area contributed by atoms with Crippen molar-refractivity contribution in [3.05, 3.63) is 0 Å². The fourth-order valence-electron chi connectivity index (χ4n) is 4.23. The van der Waals surface area contributed by atoms with Gasteiger partial charge in [0.15, 0.2) is 5.96 Å². The number of guanidine groups is 1. The average Bonchev–Trinajstić information content (AvgIpc) is 3.23. The highest BCUT2D eigenvalue weighted by Gasteiger charge is 2.31. The lowest BCUT2D eigenvalue weighted by Crippen LogP contribution is -2.43. The van der Waals surface area contributed by atoms with Gasteiger partial charge in [0, 0.05) is 25.2 Å². The van der Waals surface area contributed by atoms with Gasteiger partial charge in [-0.15, -0.1) is 0 Å². The van der Waals surface area contributed by atoms with Crippen LogP contribution in [0.2, 0.25) is 0 Å². The Hall–Kier alpha value is -0.810. The number of aliphatic imine (C=N–C) groups is 1. The van der Waals surface area contributed by atoms with Gasteiger partial charge in [-0.1, -0.05) is 19.3 Å². The van der Waals surface area contributed by atoms with E-state index in [-0.39, 0.29) is 0 Å².